The molecule has 0 radical (unpaired) electrons. The molecule has 0 saturated carbocycles. The topological polar surface area (TPSA) is 50.7 Å². The molecule has 108 valence electrons. The number of halogens is 2. The molecule has 0 aliphatic heterocycles. The van der Waals surface area contributed by atoms with Crippen molar-refractivity contribution in [2.45, 2.75) is 32.5 Å². The van der Waals surface area contributed by atoms with Crippen molar-refractivity contribution >= 4 is 23.2 Å². The zero-order valence-electron chi connectivity index (χ0n) is 11.2. The molecule has 0 bridgehead atoms. The van der Waals surface area contributed by atoms with Gasteiger partial charge in [0.2, 0.25) is 0 Å². The van der Waals surface area contributed by atoms with E-state index >= 15 is 0 Å². The van der Waals surface area contributed by atoms with Crippen LogP contribution in [0.5, 0.6) is 5.75 Å². The van der Waals surface area contributed by atoms with Crippen molar-refractivity contribution < 1.29 is 14.7 Å². The smallest absolute Gasteiger partial charge is 0.156 e. The number of nitrogens with one attached hydrogen (secondary N) is 1. The molecule has 6 heteroatoms. The van der Waals surface area contributed by atoms with Gasteiger partial charge in [-0.25, -0.2) is 0 Å². The van der Waals surface area contributed by atoms with Crippen LogP contribution >= 0.6 is 23.2 Å². The number of hydroxylamine groups is 1. The summed E-state index contributed by atoms with van der Waals surface area (Å²) in [6, 6.07) is 5.08. The minimum absolute atomic E-state index is 0.0734. The predicted octanol–water partition coefficient (Wildman–Crippen LogP) is 3.05. The van der Waals surface area contributed by atoms with Crippen LogP contribution in [0.4, 0.5) is 0 Å². The summed E-state index contributed by atoms with van der Waals surface area (Å²) in [5.41, 5.74) is 2.38. The molecule has 0 fully saturated rings. The fourth-order valence-electron chi connectivity index (χ4n) is 1.21. The Morgan fingerprint density at radius 1 is 1.26 bits per heavy atom. The molecule has 0 amide bonds. The Balaban J connectivity index is 2.36. The first-order valence-corrected chi connectivity index (χ1v) is 6.71. The van der Waals surface area contributed by atoms with E-state index in [0.717, 1.165) is 0 Å². The standard InChI is InChI=1S/C13H19Cl2NO3/c1-13(2,3)19-16-7-9(17)8-18-12-10(14)5-4-6-11(12)15/h4-6,9,16-17H,7-8H2,1-3H3. The third-order valence-corrected chi connectivity index (χ3v) is 2.63. The van der Waals surface area contributed by atoms with Crippen LogP contribution in [-0.4, -0.2) is 30.0 Å². The lowest BCUT2D eigenvalue weighted by atomic mass is 10.2. The van der Waals surface area contributed by atoms with Gasteiger partial charge in [-0.15, -0.1) is 0 Å². The Hall–Kier alpha value is -0.520. The van der Waals surface area contributed by atoms with E-state index in [1.54, 1.807) is 18.2 Å². The Labute approximate surface area is 123 Å². The van der Waals surface area contributed by atoms with E-state index in [1.807, 2.05) is 20.8 Å². The average Bonchev–Trinajstić information content (AvgIpc) is 2.26. The van der Waals surface area contributed by atoms with Gasteiger partial charge in [0.25, 0.3) is 0 Å². The fraction of sp³-hybridized carbons (Fsp3) is 0.538. The zero-order chi connectivity index (χ0) is 14.5. The van der Waals surface area contributed by atoms with Crippen LogP contribution in [0.15, 0.2) is 18.2 Å². The van der Waals surface area contributed by atoms with Crippen molar-refractivity contribution in [3.05, 3.63) is 28.2 Å². The summed E-state index contributed by atoms with van der Waals surface area (Å²) in [7, 11) is 0. The van der Waals surface area contributed by atoms with E-state index in [0.29, 0.717) is 15.8 Å². The van der Waals surface area contributed by atoms with E-state index in [4.69, 9.17) is 32.8 Å². The van der Waals surface area contributed by atoms with Crippen molar-refractivity contribution in [2.75, 3.05) is 13.2 Å². The van der Waals surface area contributed by atoms with Gasteiger partial charge in [-0.3, -0.25) is 4.84 Å². The van der Waals surface area contributed by atoms with Crippen molar-refractivity contribution in [3.63, 3.8) is 0 Å². The molecule has 0 aromatic heterocycles. The second kappa shape index (κ2) is 7.31. The quantitative estimate of drug-likeness (QED) is 0.793. The number of rotatable bonds is 6. The zero-order valence-corrected chi connectivity index (χ0v) is 12.8. The Morgan fingerprint density at radius 2 is 1.84 bits per heavy atom. The molecular formula is C13H19Cl2NO3. The molecule has 0 aliphatic carbocycles. The van der Waals surface area contributed by atoms with Crippen molar-refractivity contribution in [1.29, 1.82) is 0 Å². The second-order valence-corrected chi connectivity index (χ2v) is 5.89. The van der Waals surface area contributed by atoms with E-state index < -0.39 is 6.10 Å². The van der Waals surface area contributed by atoms with Gasteiger partial charge in [0.05, 0.1) is 22.2 Å². The van der Waals surface area contributed by atoms with Gasteiger partial charge in [-0.1, -0.05) is 29.3 Å². The highest BCUT2D eigenvalue weighted by atomic mass is 35.5. The molecule has 0 spiro atoms. The fourth-order valence-corrected chi connectivity index (χ4v) is 1.72. The van der Waals surface area contributed by atoms with Gasteiger partial charge in [0.1, 0.15) is 12.7 Å². The second-order valence-electron chi connectivity index (χ2n) is 5.08. The Morgan fingerprint density at radius 3 is 2.37 bits per heavy atom. The summed E-state index contributed by atoms with van der Waals surface area (Å²) in [4.78, 5) is 5.28. The third kappa shape index (κ3) is 6.45. The highest BCUT2D eigenvalue weighted by Gasteiger charge is 2.13. The lowest BCUT2D eigenvalue weighted by Crippen LogP contribution is -2.36. The summed E-state index contributed by atoms with van der Waals surface area (Å²) in [6.07, 6.45) is -0.727. The molecule has 1 aromatic carbocycles. The normalized spacial score (nSPS) is 13.4. The van der Waals surface area contributed by atoms with Crippen molar-refractivity contribution in [1.82, 2.24) is 5.48 Å². The van der Waals surface area contributed by atoms with Gasteiger partial charge < -0.3 is 9.84 Å². The van der Waals surface area contributed by atoms with Crippen LogP contribution in [0.1, 0.15) is 20.8 Å². The largest absolute Gasteiger partial charge is 0.488 e. The lowest BCUT2D eigenvalue weighted by Gasteiger charge is -2.21. The van der Waals surface area contributed by atoms with E-state index in [2.05, 4.69) is 5.48 Å². The van der Waals surface area contributed by atoms with Crippen LogP contribution in [0.25, 0.3) is 0 Å². The lowest BCUT2D eigenvalue weighted by molar-refractivity contribution is -0.0857. The molecule has 1 aromatic rings. The molecule has 0 saturated heterocycles. The third-order valence-electron chi connectivity index (χ3n) is 2.04. The maximum absolute atomic E-state index is 9.74. The molecule has 1 atom stereocenters. The van der Waals surface area contributed by atoms with Crippen LogP contribution in [-0.2, 0) is 4.84 Å². The maximum atomic E-state index is 9.74. The molecule has 1 rings (SSSR count). The molecule has 1 unspecified atom stereocenters. The first-order valence-electron chi connectivity index (χ1n) is 5.95. The first kappa shape index (κ1) is 16.5. The van der Waals surface area contributed by atoms with Gasteiger partial charge in [-0.2, -0.15) is 5.48 Å². The number of ether oxygens (including phenoxy) is 1. The van der Waals surface area contributed by atoms with Crippen LogP contribution in [0.2, 0.25) is 10.0 Å². The summed E-state index contributed by atoms with van der Waals surface area (Å²) in [6.45, 7) is 6.05. The molecule has 4 nitrogen and oxygen atoms in total. The Bertz CT molecular complexity index is 387. The summed E-state index contributed by atoms with van der Waals surface area (Å²) in [5, 5.41) is 10.6. The summed E-state index contributed by atoms with van der Waals surface area (Å²) in [5.74, 6) is 0.377. The molecule has 0 aliphatic rings. The van der Waals surface area contributed by atoms with Gasteiger partial charge in [0.15, 0.2) is 5.75 Å². The number of hydrogen-bond donors (Lipinski definition) is 2. The minimum atomic E-state index is -0.727. The van der Waals surface area contributed by atoms with Gasteiger partial charge in [0, 0.05) is 0 Å². The van der Waals surface area contributed by atoms with E-state index in [9.17, 15) is 5.11 Å². The van der Waals surface area contributed by atoms with Crippen LogP contribution < -0.4 is 10.2 Å². The number of aliphatic hydroxyl groups excluding tert-OH is 1. The molecule has 19 heavy (non-hydrogen) atoms. The van der Waals surface area contributed by atoms with E-state index in [1.165, 1.54) is 0 Å². The highest BCUT2D eigenvalue weighted by molar-refractivity contribution is 6.37. The number of aliphatic hydroxyl groups is 1. The molecule has 0 heterocycles. The van der Waals surface area contributed by atoms with Gasteiger partial charge >= 0.3 is 0 Å². The number of benzene rings is 1. The van der Waals surface area contributed by atoms with Crippen molar-refractivity contribution in [3.8, 4) is 5.75 Å². The van der Waals surface area contributed by atoms with E-state index in [-0.39, 0.29) is 18.8 Å². The average molecular weight is 308 g/mol. The van der Waals surface area contributed by atoms with Crippen LogP contribution in [0, 0.1) is 0 Å². The maximum Gasteiger partial charge on any atom is 0.156 e. The highest BCUT2D eigenvalue weighted by Crippen LogP contribution is 2.32. The number of hydrogen-bond acceptors (Lipinski definition) is 4. The van der Waals surface area contributed by atoms with Gasteiger partial charge in [-0.05, 0) is 32.9 Å². The SMILES string of the molecule is CC(C)(C)ONCC(O)COc1c(Cl)cccc1Cl. The summed E-state index contributed by atoms with van der Waals surface area (Å²) >= 11 is 11.9. The van der Waals surface area contributed by atoms with Crippen molar-refractivity contribution in [2.24, 2.45) is 0 Å². The molecular weight excluding hydrogens is 289 g/mol. The van der Waals surface area contributed by atoms with Crippen LogP contribution in [0.3, 0.4) is 0 Å². The monoisotopic (exact) mass is 307 g/mol. The Kier molecular flexibility index (Phi) is 6.36. The number of para-hydroxylation sites is 1. The first-order chi connectivity index (χ1) is 8.79. The minimum Gasteiger partial charge on any atom is -0.488 e. The summed E-state index contributed by atoms with van der Waals surface area (Å²) < 4.78 is 5.40. The predicted molar refractivity (Wildman–Crippen MR) is 76.8 cm³/mol. The molecule has 2 N–H and O–H groups in total.